The number of hydrogen-bond donors (Lipinski definition) is 0. The summed E-state index contributed by atoms with van der Waals surface area (Å²) in [7, 11) is 0. The number of hydrogen-bond acceptors (Lipinski definition) is 4. The predicted octanol–water partition coefficient (Wildman–Crippen LogP) is 8.62. The van der Waals surface area contributed by atoms with E-state index in [1.807, 2.05) is 42.7 Å². The molecule has 208 valence electrons. The van der Waals surface area contributed by atoms with Crippen molar-refractivity contribution >= 4 is 21.8 Å². The van der Waals surface area contributed by atoms with Crippen LogP contribution in [0.5, 0.6) is 11.6 Å². The molecule has 0 saturated carbocycles. The number of benzene rings is 3. The smallest absolute Gasteiger partial charge is 0.460 e. The maximum absolute atomic E-state index is 6.26. The van der Waals surface area contributed by atoms with Crippen LogP contribution in [-0.4, -0.2) is 19.5 Å². The SMILES string of the molecule is CC(C)(C)c1cnc(-n2c3[c-]c(-c4[c-]c(Oc5ncccc5C(C)(C)C)ccc4)ccc3c3ccccc32)nc1.[Pt+2]. The first kappa shape index (κ1) is 28.7. The summed E-state index contributed by atoms with van der Waals surface area (Å²) in [5, 5.41) is 2.23. The van der Waals surface area contributed by atoms with Crippen LogP contribution in [0.3, 0.4) is 0 Å². The van der Waals surface area contributed by atoms with Gasteiger partial charge in [-0.3, -0.25) is 4.57 Å². The molecule has 0 fully saturated rings. The molecule has 3 aromatic carbocycles. The molecule has 0 N–H and O–H groups in total. The van der Waals surface area contributed by atoms with Crippen LogP contribution in [-0.2, 0) is 31.9 Å². The first-order valence-electron chi connectivity index (χ1n) is 13.5. The van der Waals surface area contributed by atoms with Crippen molar-refractivity contribution in [2.24, 2.45) is 0 Å². The Hall–Kier alpha value is -3.82. The van der Waals surface area contributed by atoms with Crippen LogP contribution in [0, 0.1) is 12.1 Å². The summed E-state index contributed by atoms with van der Waals surface area (Å²) in [5.74, 6) is 1.83. The van der Waals surface area contributed by atoms with Crippen molar-refractivity contribution in [1.82, 2.24) is 19.5 Å². The first-order valence-corrected chi connectivity index (χ1v) is 13.5. The average Bonchev–Trinajstić information content (AvgIpc) is 3.26. The standard InChI is InChI=1S/C35H32N4O.Pt/c1-34(2,3)25-21-37-33(38-22-25)39-30-15-8-7-13-27(30)28-17-16-24(20-31(28)39)23-11-9-12-26(19-23)40-32-29(35(4,5)6)14-10-18-36-32;/h7-18,21-22H,1-6H3;/q-2;+2. The Kier molecular flexibility index (Phi) is 7.61. The molecular formula is C35H32N4OPt. The van der Waals surface area contributed by atoms with Gasteiger partial charge in [-0.05, 0) is 39.4 Å². The fourth-order valence-corrected chi connectivity index (χ4v) is 4.89. The van der Waals surface area contributed by atoms with Crippen molar-refractivity contribution in [3.05, 3.63) is 109 Å². The van der Waals surface area contributed by atoms with E-state index in [0.717, 1.165) is 44.1 Å². The van der Waals surface area contributed by atoms with Gasteiger partial charge in [0.25, 0.3) is 0 Å². The quantitative estimate of drug-likeness (QED) is 0.171. The molecule has 3 heterocycles. The van der Waals surface area contributed by atoms with E-state index in [-0.39, 0.29) is 31.9 Å². The molecule has 0 radical (unpaired) electrons. The Morgan fingerprint density at radius 1 is 0.683 bits per heavy atom. The second-order valence-corrected chi connectivity index (χ2v) is 12.1. The third-order valence-electron chi connectivity index (χ3n) is 7.13. The number of para-hydroxylation sites is 1. The van der Waals surface area contributed by atoms with E-state index in [2.05, 4.69) is 99.6 Å². The molecule has 0 atom stereocenters. The minimum atomic E-state index is -0.0966. The van der Waals surface area contributed by atoms with Gasteiger partial charge in [-0.25, -0.2) is 26.1 Å². The van der Waals surface area contributed by atoms with Crippen LogP contribution >= 0.6 is 0 Å². The third-order valence-corrected chi connectivity index (χ3v) is 7.13. The molecular weight excluding hydrogens is 687 g/mol. The molecule has 41 heavy (non-hydrogen) atoms. The van der Waals surface area contributed by atoms with E-state index >= 15 is 0 Å². The van der Waals surface area contributed by atoms with E-state index < -0.39 is 0 Å². The van der Waals surface area contributed by atoms with Gasteiger partial charge in [0.1, 0.15) is 0 Å². The second-order valence-electron chi connectivity index (χ2n) is 12.1. The van der Waals surface area contributed by atoms with Crippen molar-refractivity contribution in [1.29, 1.82) is 0 Å². The summed E-state index contributed by atoms with van der Waals surface area (Å²) in [4.78, 5) is 14.1. The van der Waals surface area contributed by atoms with Crippen LogP contribution in [0.1, 0.15) is 52.7 Å². The number of rotatable bonds is 4. The summed E-state index contributed by atoms with van der Waals surface area (Å²) in [6.07, 6.45) is 5.60. The third kappa shape index (κ3) is 5.56. The molecule has 0 spiro atoms. The van der Waals surface area contributed by atoms with Crippen LogP contribution in [0.15, 0.2) is 85.3 Å². The maximum atomic E-state index is 6.26. The topological polar surface area (TPSA) is 52.8 Å². The molecule has 6 heteroatoms. The van der Waals surface area contributed by atoms with Crippen LogP contribution in [0.2, 0.25) is 0 Å². The Morgan fingerprint density at radius 3 is 2.15 bits per heavy atom. The van der Waals surface area contributed by atoms with Crippen LogP contribution in [0.4, 0.5) is 0 Å². The Bertz CT molecular complexity index is 1840. The molecule has 0 aliphatic rings. The van der Waals surface area contributed by atoms with Crippen LogP contribution in [0.25, 0.3) is 38.9 Å². The maximum Gasteiger partial charge on any atom is 2.00 e. The normalized spacial score (nSPS) is 12.0. The van der Waals surface area contributed by atoms with Gasteiger partial charge in [0, 0.05) is 35.4 Å². The van der Waals surface area contributed by atoms with Crippen LogP contribution < -0.4 is 4.74 Å². The van der Waals surface area contributed by atoms with Gasteiger partial charge in [-0.15, -0.1) is 18.2 Å². The minimum absolute atomic E-state index is 0. The van der Waals surface area contributed by atoms with Gasteiger partial charge in [0.2, 0.25) is 11.8 Å². The Morgan fingerprint density at radius 2 is 1.41 bits per heavy atom. The number of ether oxygens (including phenoxy) is 1. The van der Waals surface area contributed by atoms with E-state index in [0.29, 0.717) is 17.6 Å². The molecule has 0 bridgehead atoms. The van der Waals surface area contributed by atoms with Gasteiger partial charge in [0.05, 0.1) is 0 Å². The summed E-state index contributed by atoms with van der Waals surface area (Å²) >= 11 is 0. The van der Waals surface area contributed by atoms with Crippen molar-refractivity contribution in [3.63, 3.8) is 0 Å². The molecule has 0 aliphatic heterocycles. The number of pyridine rings is 1. The van der Waals surface area contributed by atoms with Gasteiger partial charge >= 0.3 is 21.1 Å². The summed E-state index contributed by atoms with van der Waals surface area (Å²) < 4.78 is 8.35. The zero-order valence-electron chi connectivity index (χ0n) is 24.1. The first-order chi connectivity index (χ1) is 19.1. The Balaban J connectivity index is 0.00000337. The van der Waals surface area contributed by atoms with Crippen molar-refractivity contribution in [2.75, 3.05) is 0 Å². The van der Waals surface area contributed by atoms with Crippen molar-refractivity contribution in [3.8, 4) is 28.7 Å². The van der Waals surface area contributed by atoms with E-state index in [4.69, 9.17) is 14.7 Å². The predicted molar refractivity (Wildman–Crippen MR) is 161 cm³/mol. The second kappa shape index (κ2) is 10.9. The molecule has 0 unspecified atom stereocenters. The summed E-state index contributed by atoms with van der Waals surface area (Å²) in [6.45, 7) is 13.0. The number of nitrogens with zero attached hydrogens (tertiary/aromatic N) is 4. The fourth-order valence-electron chi connectivity index (χ4n) is 4.89. The van der Waals surface area contributed by atoms with E-state index in [1.165, 1.54) is 0 Å². The molecule has 0 saturated heterocycles. The molecule has 6 aromatic rings. The molecule has 3 aromatic heterocycles. The van der Waals surface area contributed by atoms with Crippen molar-refractivity contribution < 1.29 is 25.8 Å². The largest absolute Gasteiger partial charge is 2.00 e. The van der Waals surface area contributed by atoms with E-state index in [9.17, 15) is 0 Å². The van der Waals surface area contributed by atoms with Gasteiger partial charge in [-0.2, -0.15) is 24.3 Å². The van der Waals surface area contributed by atoms with Crippen molar-refractivity contribution in [2.45, 2.75) is 52.4 Å². The zero-order chi connectivity index (χ0) is 28.1. The fraction of sp³-hybridized carbons (Fsp3) is 0.229. The summed E-state index contributed by atoms with van der Waals surface area (Å²) in [6, 6.07) is 29.5. The number of aromatic nitrogens is 4. The molecule has 0 aliphatic carbocycles. The van der Waals surface area contributed by atoms with Gasteiger partial charge in [-0.1, -0.05) is 71.2 Å². The van der Waals surface area contributed by atoms with Gasteiger partial charge in [0.15, 0.2) is 0 Å². The molecule has 5 nitrogen and oxygen atoms in total. The van der Waals surface area contributed by atoms with Gasteiger partial charge < -0.3 is 4.74 Å². The number of fused-ring (bicyclic) bond motifs is 3. The minimum Gasteiger partial charge on any atom is -0.460 e. The average molecular weight is 720 g/mol. The zero-order valence-corrected chi connectivity index (χ0v) is 26.4. The summed E-state index contributed by atoms with van der Waals surface area (Å²) in [5.41, 5.74) is 5.77. The monoisotopic (exact) mass is 719 g/mol. The van der Waals surface area contributed by atoms with E-state index in [1.54, 1.807) is 6.20 Å². The molecule has 0 amide bonds. The molecule has 6 rings (SSSR count). The Labute approximate surface area is 255 Å².